The molecule has 1 N–H and O–H groups in total. The molecule has 0 fully saturated rings. The number of alkyl halides is 3. The van der Waals surface area contributed by atoms with Crippen LogP contribution in [-0.2, 0) is 6.18 Å². The normalized spacial score (nSPS) is 12.0. The lowest BCUT2D eigenvalue weighted by molar-refractivity contribution is -0.136. The molecule has 0 atom stereocenters. The summed E-state index contributed by atoms with van der Waals surface area (Å²) in [7, 11) is 0. The van der Waals surface area contributed by atoms with Gasteiger partial charge in [0.05, 0.1) is 18.1 Å². The van der Waals surface area contributed by atoms with Gasteiger partial charge in [-0.15, -0.1) is 0 Å². The number of rotatable bonds is 1. The van der Waals surface area contributed by atoms with E-state index in [4.69, 9.17) is 0 Å². The van der Waals surface area contributed by atoms with Crippen molar-refractivity contribution in [1.29, 1.82) is 0 Å². The average Bonchev–Trinajstić information content (AvgIpc) is 2.83. The van der Waals surface area contributed by atoms with E-state index in [1.807, 2.05) is 0 Å². The van der Waals surface area contributed by atoms with Crippen LogP contribution < -0.4 is 0 Å². The molecule has 0 aliphatic carbocycles. The molecule has 0 saturated heterocycles. The second kappa shape index (κ2) is 4.40. The zero-order valence-corrected chi connectivity index (χ0v) is 10.1. The average molecular weight is 298 g/mol. The Morgan fingerprint density at radius 2 is 1.86 bits per heavy atom. The van der Waals surface area contributed by atoms with E-state index in [1.54, 1.807) is 0 Å². The van der Waals surface area contributed by atoms with Crippen molar-refractivity contribution < 1.29 is 22.7 Å². The third-order valence-electron chi connectivity index (χ3n) is 2.76. The molecule has 0 aliphatic heterocycles. The van der Waals surface area contributed by atoms with Gasteiger partial charge in [-0.1, -0.05) is 0 Å². The highest BCUT2D eigenvalue weighted by atomic mass is 19.4. The van der Waals surface area contributed by atoms with Crippen LogP contribution in [-0.4, -0.2) is 24.7 Å². The molecule has 3 aromatic heterocycles. The molecule has 108 valence electrons. The highest BCUT2D eigenvalue weighted by Crippen LogP contribution is 2.34. The molecule has 3 rings (SSSR count). The van der Waals surface area contributed by atoms with Crippen molar-refractivity contribution in [1.82, 2.24) is 19.6 Å². The highest BCUT2D eigenvalue weighted by molar-refractivity contribution is 5.64. The van der Waals surface area contributed by atoms with Gasteiger partial charge in [-0.25, -0.2) is 9.37 Å². The minimum absolute atomic E-state index is 0.0435. The maximum Gasteiger partial charge on any atom is 0.421 e. The van der Waals surface area contributed by atoms with Gasteiger partial charge in [-0.05, 0) is 6.07 Å². The molecular formula is C12H6F4N4O. The number of nitrogens with zero attached hydrogens (tertiary/aromatic N) is 4. The monoisotopic (exact) mass is 298 g/mol. The van der Waals surface area contributed by atoms with E-state index in [2.05, 4.69) is 15.1 Å². The SMILES string of the molecule is Oc1cc(-c2cncc(F)c2)nc2c(C(F)(F)F)cnn12. The summed E-state index contributed by atoms with van der Waals surface area (Å²) in [6.07, 6.45) is -1.93. The van der Waals surface area contributed by atoms with Crippen molar-refractivity contribution in [2.75, 3.05) is 0 Å². The number of hydrogen-bond donors (Lipinski definition) is 1. The summed E-state index contributed by atoms with van der Waals surface area (Å²) < 4.78 is 52.3. The molecule has 3 heterocycles. The number of pyridine rings is 1. The third kappa shape index (κ3) is 2.26. The fourth-order valence-corrected chi connectivity index (χ4v) is 1.85. The summed E-state index contributed by atoms with van der Waals surface area (Å²) in [6, 6.07) is 2.13. The van der Waals surface area contributed by atoms with E-state index in [-0.39, 0.29) is 11.3 Å². The zero-order chi connectivity index (χ0) is 15.2. The van der Waals surface area contributed by atoms with Crippen molar-refractivity contribution in [2.45, 2.75) is 6.18 Å². The number of aromatic hydroxyl groups is 1. The molecule has 0 bridgehead atoms. The van der Waals surface area contributed by atoms with Crippen LogP contribution in [0.15, 0.2) is 30.7 Å². The highest BCUT2D eigenvalue weighted by Gasteiger charge is 2.35. The Balaban J connectivity index is 2.27. The number of hydrogen-bond acceptors (Lipinski definition) is 4. The lowest BCUT2D eigenvalue weighted by atomic mass is 10.2. The third-order valence-corrected chi connectivity index (χ3v) is 2.76. The first kappa shape index (κ1) is 13.3. The van der Waals surface area contributed by atoms with E-state index in [0.29, 0.717) is 10.7 Å². The van der Waals surface area contributed by atoms with Gasteiger partial charge in [0.1, 0.15) is 11.4 Å². The molecule has 9 heteroatoms. The van der Waals surface area contributed by atoms with E-state index < -0.39 is 29.1 Å². The van der Waals surface area contributed by atoms with Crippen molar-refractivity contribution in [3.63, 3.8) is 0 Å². The van der Waals surface area contributed by atoms with Gasteiger partial charge in [0.15, 0.2) is 5.65 Å². The zero-order valence-electron chi connectivity index (χ0n) is 10.1. The molecule has 0 amide bonds. The molecule has 21 heavy (non-hydrogen) atoms. The van der Waals surface area contributed by atoms with Gasteiger partial charge in [0.2, 0.25) is 5.88 Å². The molecular weight excluding hydrogens is 292 g/mol. The quantitative estimate of drug-likeness (QED) is 0.702. The number of halogens is 4. The van der Waals surface area contributed by atoms with Crippen molar-refractivity contribution in [3.05, 3.63) is 42.1 Å². The Labute approximate surface area is 114 Å². The molecule has 0 saturated carbocycles. The first-order valence-electron chi connectivity index (χ1n) is 5.62. The Morgan fingerprint density at radius 1 is 1.10 bits per heavy atom. The first-order chi connectivity index (χ1) is 9.86. The largest absolute Gasteiger partial charge is 0.493 e. The van der Waals surface area contributed by atoms with Crippen LogP contribution in [0.25, 0.3) is 16.9 Å². The van der Waals surface area contributed by atoms with Crippen molar-refractivity contribution >= 4 is 5.65 Å². The molecule has 0 aromatic carbocycles. The van der Waals surface area contributed by atoms with Crippen molar-refractivity contribution in [2.24, 2.45) is 0 Å². The Morgan fingerprint density at radius 3 is 2.52 bits per heavy atom. The Bertz CT molecular complexity index is 828. The lowest BCUT2D eigenvalue weighted by Gasteiger charge is -2.06. The molecule has 0 spiro atoms. The first-order valence-corrected chi connectivity index (χ1v) is 5.62. The van der Waals surface area contributed by atoms with Gasteiger partial charge in [0, 0.05) is 17.8 Å². The molecule has 0 aliphatic rings. The number of fused-ring (bicyclic) bond motifs is 1. The summed E-state index contributed by atoms with van der Waals surface area (Å²) in [5.74, 6) is -1.21. The van der Waals surface area contributed by atoms with Crippen LogP contribution in [0.1, 0.15) is 5.56 Å². The van der Waals surface area contributed by atoms with Crippen LogP contribution in [0, 0.1) is 5.82 Å². The maximum absolute atomic E-state index is 13.1. The fraction of sp³-hybridized carbons (Fsp3) is 0.0833. The second-order valence-corrected chi connectivity index (χ2v) is 4.18. The van der Waals surface area contributed by atoms with Crippen LogP contribution in [0.2, 0.25) is 0 Å². The molecule has 0 unspecified atom stereocenters. The van der Waals surface area contributed by atoms with E-state index in [1.165, 1.54) is 6.20 Å². The lowest BCUT2D eigenvalue weighted by Crippen LogP contribution is -2.05. The van der Waals surface area contributed by atoms with Gasteiger partial charge in [-0.3, -0.25) is 4.98 Å². The molecule has 5 nitrogen and oxygen atoms in total. The van der Waals surface area contributed by atoms with Crippen LogP contribution in [0.4, 0.5) is 17.6 Å². The maximum atomic E-state index is 13.1. The van der Waals surface area contributed by atoms with Gasteiger partial charge >= 0.3 is 6.18 Å². The molecule has 3 aromatic rings. The predicted octanol–water partition coefficient (Wildman–Crippen LogP) is 2.65. The minimum atomic E-state index is -4.67. The Hall–Kier alpha value is -2.71. The van der Waals surface area contributed by atoms with Crippen LogP contribution >= 0.6 is 0 Å². The molecule has 0 radical (unpaired) electrons. The topological polar surface area (TPSA) is 63.3 Å². The predicted molar refractivity (Wildman–Crippen MR) is 62.8 cm³/mol. The summed E-state index contributed by atoms with van der Waals surface area (Å²) in [5.41, 5.74) is -1.56. The van der Waals surface area contributed by atoms with Crippen LogP contribution in [0.5, 0.6) is 5.88 Å². The fourth-order valence-electron chi connectivity index (χ4n) is 1.85. The van der Waals surface area contributed by atoms with Gasteiger partial charge in [0.25, 0.3) is 0 Å². The van der Waals surface area contributed by atoms with Crippen LogP contribution in [0.3, 0.4) is 0 Å². The summed E-state index contributed by atoms with van der Waals surface area (Å²) in [6.45, 7) is 0. The number of aromatic nitrogens is 4. The van der Waals surface area contributed by atoms with E-state index >= 15 is 0 Å². The summed E-state index contributed by atoms with van der Waals surface area (Å²) >= 11 is 0. The summed E-state index contributed by atoms with van der Waals surface area (Å²) in [5, 5.41) is 13.2. The van der Waals surface area contributed by atoms with Gasteiger partial charge < -0.3 is 5.11 Å². The smallest absolute Gasteiger partial charge is 0.421 e. The van der Waals surface area contributed by atoms with E-state index in [9.17, 15) is 22.7 Å². The van der Waals surface area contributed by atoms with Gasteiger partial charge in [-0.2, -0.15) is 22.8 Å². The Kier molecular flexibility index (Phi) is 2.78. The van der Waals surface area contributed by atoms with Crippen molar-refractivity contribution in [3.8, 4) is 17.1 Å². The second-order valence-electron chi connectivity index (χ2n) is 4.18. The summed E-state index contributed by atoms with van der Waals surface area (Å²) in [4.78, 5) is 7.38. The minimum Gasteiger partial charge on any atom is -0.493 e. The van der Waals surface area contributed by atoms with E-state index in [0.717, 1.165) is 18.3 Å². The standard InChI is InChI=1S/C12H6F4N4O/c13-7-1-6(3-17-4-7)9-2-10(21)20-11(19-9)8(5-18-20)12(14,15)16/h1-5,21H.